The Morgan fingerprint density at radius 3 is 2.13 bits per heavy atom. The summed E-state index contributed by atoms with van der Waals surface area (Å²) in [6, 6.07) is 12.2. The lowest BCUT2D eigenvalue weighted by Gasteiger charge is -2.10. The minimum Gasteiger partial charge on any atom is -0.406 e. The summed E-state index contributed by atoms with van der Waals surface area (Å²) in [5, 5.41) is 4.38. The minimum atomic E-state index is -4.83. The van der Waals surface area contributed by atoms with Crippen LogP contribution in [0.1, 0.15) is 11.4 Å². The Bertz CT molecular complexity index is 996. The van der Waals surface area contributed by atoms with Crippen molar-refractivity contribution >= 4 is 0 Å². The predicted molar refractivity (Wildman–Crippen MR) is 98.8 cm³/mol. The van der Waals surface area contributed by atoms with E-state index in [0.29, 0.717) is 22.9 Å². The maximum atomic E-state index is 12.4. The van der Waals surface area contributed by atoms with E-state index in [1.807, 2.05) is 19.1 Å². The Morgan fingerprint density at radius 1 is 0.903 bits per heavy atom. The van der Waals surface area contributed by atoms with Gasteiger partial charge < -0.3 is 9.47 Å². The van der Waals surface area contributed by atoms with E-state index in [2.05, 4.69) is 19.6 Å². The van der Waals surface area contributed by atoms with Crippen molar-refractivity contribution in [1.29, 1.82) is 0 Å². The number of nitrogens with zero attached hydrogens (tertiary/aromatic N) is 3. The molecule has 1 heterocycles. The van der Waals surface area contributed by atoms with Crippen LogP contribution in [0.5, 0.6) is 5.75 Å². The van der Waals surface area contributed by atoms with Crippen LogP contribution in [-0.4, -0.2) is 40.5 Å². The van der Waals surface area contributed by atoms with E-state index in [0.717, 1.165) is 17.7 Å². The smallest absolute Gasteiger partial charge is 0.406 e. The molecule has 0 fully saturated rings. The molecule has 0 radical (unpaired) electrons. The van der Waals surface area contributed by atoms with Crippen LogP contribution in [0.25, 0.3) is 17.1 Å². The summed E-state index contributed by atoms with van der Waals surface area (Å²) >= 11 is 0. The summed E-state index contributed by atoms with van der Waals surface area (Å²) in [6.45, 7) is 0.250. The number of benzene rings is 2. The van der Waals surface area contributed by atoms with Crippen LogP contribution in [0.2, 0.25) is 0 Å². The molecule has 5 nitrogen and oxygen atoms in total. The molecule has 166 valence electrons. The SMILES string of the molecule is Cc1ccc(-c2nc(CCOCC(F)(F)F)n(-c3ccc(OC(F)(F)F)cc3)n2)cc1. The van der Waals surface area contributed by atoms with Crippen molar-refractivity contribution in [1.82, 2.24) is 14.8 Å². The lowest BCUT2D eigenvalue weighted by molar-refractivity contribution is -0.274. The van der Waals surface area contributed by atoms with Gasteiger partial charge in [-0.1, -0.05) is 29.8 Å². The third kappa shape index (κ3) is 6.71. The number of hydrogen-bond acceptors (Lipinski definition) is 4. The van der Waals surface area contributed by atoms with E-state index >= 15 is 0 Å². The van der Waals surface area contributed by atoms with Crippen LogP contribution < -0.4 is 4.74 Å². The van der Waals surface area contributed by atoms with E-state index in [9.17, 15) is 26.3 Å². The first-order chi connectivity index (χ1) is 14.5. The molecule has 2 aromatic carbocycles. The second-order valence-electron chi connectivity index (χ2n) is 6.59. The molecule has 0 unspecified atom stereocenters. The van der Waals surface area contributed by atoms with Crippen LogP contribution in [0.15, 0.2) is 48.5 Å². The fraction of sp³-hybridized carbons (Fsp3) is 0.300. The van der Waals surface area contributed by atoms with Crippen LogP contribution in [0.4, 0.5) is 26.3 Å². The van der Waals surface area contributed by atoms with Gasteiger partial charge in [0.1, 0.15) is 18.2 Å². The van der Waals surface area contributed by atoms with Crippen LogP contribution in [0, 0.1) is 6.92 Å². The molecule has 3 rings (SSSR count). The van der Waals surface area contributed by atoms with Gasteiger partial charge >= 0.3 is 12.5 Å². The van der Waals surface area contributed by atoms with Crippen LogP contribution in [-0.2, 0) is 11.2 Å². The van der Waals surface area contributed by atoms with Gasteiger partial charge in [-0.25, -0.2) is 9.67 Å². The summed E-state index contributed by atoms with van der Waals surface area (Å²) in [4.78, 5) is 4.38. The Morgan fingerprint density at radius 2 is 1.55 bits per heavy atom. The van der Waals surface area contributed by atoms with E-state index < -0.39 is 24.9 Å². The monoisotopic (exact) mass is 445 g/mol. The lowest BCUT2D eigenvalue weighted by Crippen LogP contribution is -2.18. The second-order valence-corrected chi connectivity index (χ2v) is 6.59. The topological polar surface area (TPSA) is 49.2 Å². The summed E-state index contributed by atoms with van der Waals surface area (Å²) in [5.41, 5.74) is 2.06. The molecular formula is C20H17F6N3O2. The van der Waals surface area contributed by atoms with Gasteiger partial charge in [-0.15, -0.1) is 18.3 Å². The highest BCUT2D eigenvalue weighted by Crippen LogP contribution is 2.25. The maximum absolute atomic E-state index is 12.4. The van der Waals surface area contributed by atoms with E-state index in [1.165, 1.54) is 16.8 Å². The van der Waals surface area contributed by atoms with Gasteiger partial charge in [0.2, 0.25) is 0 Å². The molecule has 0 saturated heterocycles. The highest BCUT2D eigenvalue weighted by atomic mass is 19.4. The van der Waals surface area contributed by atoms with Gasteiger partial charge in [0.05, 0.1) is 12.3 Å². The molecule has 3 aromatic rings. The zero-order chi connectivity index (χ0) is 22.6. The molecule has 0 saturated carbocycles. The van der Waals surface area contributed by atoms with Gasteiger partial charge in [-0.2, -0.15) is 13.2 Å². The Labute approximate surface area is 173 Å². The Kier molecular flexibility index (Phi) is 6.54. The molecule has 0 aliphatic rings. The largest absolute Gasteiger partial charge is 0.573 e. The zero-order valence-corrected chi connectivity index (χ0v) is 16.2. The first kappa shape index (κ1) is 22.6. The molecule has 0 N–H and O–H groups in total. The van der Waals surface area contributed by atoms with Crippen molar-refractivity contribution in [3.05, 3.63) is 59.9 Å². The first-order valence-electron chi connectivity index (χ1n) is 9.04. The van der Waals surface area contributed by atoms with Crippen molar-refractivity contribution < 1.29 is 35.8 Å². The standard InChI is InChI=1S/C20H17F6N3O2/c1-13-2-4-14(5-3-13)18-27-17(10-11-30-12-19(21,22)23)29(28-18)15-6-8-16(9-7-15)31-20(24,25)26/h2-9H,10-12H2,1H3. The number of alkyl halides is 6. The first-order valence-corrected chi connectivity index (χ1v) is 9.04. The van der Waals surface area contributed by atoms with Gasteiger partial charge in [-0.3, -0.25) is 0 Å². The van der Waals surface area contributed by atoms with Gasteiger partial charge in [0.25, 0.3) is 0 Å². The van der Waals surface area contributed by atoms with Crippen molar-refractivity contribution in [2.24, 2.45) is 0 Å². The molecular weight excluding hydrogens is 428 g/mol. The lowest BCUT2D eigenvalue weighted by atomic mass is 10.1. The third-order valence-electron chi connectivity index (χ3n) is 4.03. The van der Waals surface area contributed by atoms with Crippen molar-refractivity contribution in [3.63, 3.8) is 0 Å². The average molecular weight is 445 g/mol. The van der Waals surface area contributed by atoms with Crippen LogP contribution >= 0.6 is 0 Å². The number of ether oxygens (including phenoxy) is 2. The molecule has 0 atom stereocenters. The zero-order valence-electron chi connectivity index (χ0n) is 16.2. The van der Waals surface area contributed by atoms with Gasteiger partial charge in [0.15, 0.2) is 5.82 Å². The molecule has 0 spiro atoms. The average Bonchev–Trinajstić information content (AvgIpc) is 3.08. The van der Waals surface area contributed by atoms with Gasteiger partial charge in [0, 0.05) is 12.0 Å². The van der Waals surface area contributed by atoms with E-state index in [4.69, 9.17) is 0 Å². The van der Waals surface area contributed by atoms with Gasteiger partial charge in [-0.05, 0) is 31.2 Å². The minimum absolute atomic E-state index is 0.00967. The third-order valence-corrected chi connectivity index (χ3v) is 4.03. The molecule has 0 amide bonds. The summed E-state index contributed by atoms with van der Waals surface area (Å²) in [6.07, 6.45) is -9.26. The quantitative estimate of drug-likeness (QED) is 0.368. The number of hydrogen-bond donors (Lipinski definition) is 0. The Balaban J connectivity index is 1.86. The number of aryl methyl sites for hydroxylation is 1. The number of aromatic nitrogens is 3. The van der Waals surface area contributed by atoms with Crippen molar-refractivity contribution in [2.45, 2.75) is 25.9 Å². The molecule has 31 heavy (non-hydrogen) atoms. The molecule has 1 aromatic heterocycles. The summed E-state index contributed by atoms with van der Waals surface area (Å²) in [5.74, 6) is 0.203. The number of halogens is 6. The predicted octanol–water partition coefficient (Wildman–Crippen LogP) is 5.26. The maximum Gasteiger partial charge on any atom is 0.573 e. The highest BCUT2D eigenvalue weighted by Gasteiger charge is 2.31. The van der Waals surface area contributed by atoms with E-state index in [-0.39, 0.29) is 13.0 Å². The highest BCUT2D eigenvalue weighted by molar-refractivity contribution is 5.55. The van der Waals surface area contributed by atoms with Crippen molar-refractivity contribution in [2.75, 3.05) is 13.2 Å². The number of rotatable bonds is 7. The molecule has 11 heteroatoms. The fourth-order valence-electron chi connectivity index (χ4n) is 2.68. The fourth-order valence-corrected chi connectivity index (χ4v) is 2.68. The Hall–Kier alpha value is -3.08. The molecule has 0 bridgehead atoms. The summed E-state index contributed by atoms with van der Waals surface area (Å²) < 4.78 is 83.8. The van der Waals surface area contributed by atoms with Crippen LogP contribution in [0.3, 0.4) is 0 Å². The normalized spacial score (nSPS) is 12.2. The molecule has 0 aliphatic carbocycles. The summed E-state index contributed by atoms with van der Waals surface area (Å²) in [7, 11) is 0. The second kappa shape index (κ2) is 8.96. The van der Waals surface area contributed by atoms with E-state index in [1.54, 1.807) is 12.1 Å². The molecule has 0 aliphatic heterocycles. The van der Waals surface area contributed by atoms with Crippen molar-refractivity contribution in [3.8, 4) is 22.8 Å².